The Morgan fingerprint density at radius 2 is 2.19 bits per heavy atom. The third kappa shape index (κ3) is 3.15. The maximum Gasteiger partial charge on any atom is 0.329 e. The van der Waals surface area contributed by atoms with Gasteiger partial charge >= 0.3 is 5.69 Å². The molecule has 0 aliphatic rings. The van der Waals surface area contributed by atoms with Crippen molar-refractivity contribution in [3.8, 4) is 5.75 Å². The van der Waals surface area contributed by atoms with Gasteiger partial charge in [0.15, 0.2) is 11.2 Å². The fourth-order valence-corrected chi connectivity index (χ4v) is 2.97. The standard InChI is InChI=1S/C16H17BrN6O3/c1-4-23-12-13(22(2)16(25)20-14(12)24)19-15(23)21-18-8-9-7-10(17)5-6-11(9)26-3/h5-8H,4H2,1-3H3,(H,19,21)(H,20,24,25)/b18-8-. The lowest BCUT2D eigenvalue weighted by Gasteiger charge is -2.06. The van der Waals surface area contributed by atoms with E-state index in [0.717, 1.165) is 10.0 Å². The number of benzene rings is 1. The van der Waals surface area contributed by atoms with E-state index in [1.54, 1.807) is 24.9 Å². The van der Waals surface area contributed by atoms with Crippen LogP contribution in [0.3, 0.4) is 0 Å². The molecule has 2 heterocycles. The van der Waals surface area contributed by atoms with Gasteiger partial charge in [0.25, 0.3) is 5.56 Å². The Hall–Kier alpha value is -2.88. The molecule has 3 rings (SSSR count). The molecule has 0 saturated heterocycles. The third-order valence-electron chi connectivity index (χ3n) is 3.88. The highest BCUT2D eigenvalue weighted by molar-refractivity contribution is 9.10. The second kappa shape index (κ2) is 7.16. The number of nitrogens with zero attached hydrogens (tertiary/aromatic N) is 4. The molecule has 0 atom stereocenters. The number of rotatable bonds is 5. The second-order valence-corrected chi connectivity index (χ2v) is 6.34. The van der Waals surface area contributed by atoms with Gasteiger partial charge in [-0.05, 0) is 25.1 Å². The van der Waals surface area contributed by atoms with Crippen molar-refractivity contribution in [2.24, 2.45) is 12.1 Å². The van der Waals surface area contributed by atoms with Crippen LogP contribution >= 0.6 is 15.9 Å². The minimum absolute atomic E-state index is 0.290. The third-order valence-corrected chi connectivity index (χ3v) is 4.38. The van der Waals surface area contributed by atoms with Crippen molar-refractivity contribution >= 4 is 39.3 Å². The summed E-state index contributed by atoms with van der Waals surface area (Å²) in [5.41, 5.74) is 3.19. The highest BCUT2D eigenvalue weighted by Crippen LogP contribution is 2.21. The molecule has 10 heteroatoms. The Kier molecular flexibility index (Phi) is 4.94. The topological polar surface area (TPSA) is 106 Å². The summed E-state index contributed by atoms with van der Waals surface area (Å²) in [4.78, 5) is 30.5. The molecule has 0 bridgehead atoms. The Morgan fingerprint density at radius 3 is 2.88 bits per heavy atom. The lowest BCUT2D eigenvalue weighted by atomic mass is 10.2. The second-order valence-electron chi connectivity index (χ2n) is 5.43. The van der Waals surface area contributed by atoms with Crippen LogP contribution in [-0.2, 0) is 13.6 Å². The van der Waals surface area contributed by atoms with Crippen LogP contribution in [0.2, 0.25) is 0 Å². The van der Waals surface area contributed by atoms with Crippen molar-refractivity contribution < 1.29 is 4.74 Å². The number of aryl methyl sites for hydroxylation is 2. The van der Waals surface area contributed by atoms with Crippen molar-refractivity contribution in [2.45, 2.75) is 13.5 Å². The molecule has 0 spiro atoms. The Balaban J connectivity index is 2.01. The average molecular weight is 421 g/mol. The number of imidazole rings is 1. The lowest BCUT2D eigenvalue weighted by Crippen LogP contribution is -2.29. The molecule has 0 aliphatic carbocycles. The molecule has 2 aromatic heterocycles. The maximum atomic E-state index is 12.1. The van der Waals surface area contributed by atoms with Gasteiger partial charge in [-0.2, -0.15) is 10.1 Å². The quantitative estimate of drug-likeness (QED) is 0.482. The Labute approximate surface area is 156 Å². The van der Waals surface area contributed by atoms with Crippen molar-refractivity contribution in [1.82, 2.24) is 19.1 Å². The van der Waals surface area contributed by atoms with Gasteiger partial charge < -0.3 is 9.30 Å². The molecule has 2 N–H and O–H groups in total. The largest absolute Gasteiger partial charge is 0.496 e. The van der Waals surface area contributed by atoms with Crippen molar-refractivity contribution in [3.63, 3.8) is 0 Å². The van der Waals surface area contributed by atoms with E-state index in [0.29, 0.717) is 29.4 Å². The molecule has 1 aromatic carbocycles. The maximum absolute atomic E-state index is 12.1. The number of methoxy groups -OCH3 is 1. The van der Waals surface area contributed by atoms with Gasteiger partial charge in [0.05, 0.1) is 13.3 Å². The first kappa shape index (κ1) is 17.9. The minimum atomic E-state index is -0.517. The summed E-state index contributed by atoms with van der Waals surface area (Å²) >= 11 is 3.41. The molecule has 0 aliphatic heterocycles. The van der Waals surface area contributed by atoms with Gasteiger partial charge in [-0.25, -0.2) is 10.2 Å². The number of H-pyrrole nitrogens is 1. The molecular formula is C16H17BrN6O3. The fourth-order valence-electron chi connectivity index (χ4n) is 2.59. The summed E-state index contributed by atoms with van der Waals surface area (Å²) in [5.74, 6) is 1.03. The first-order chi connectivity index (χ1) is 12.5. The highest BCUT2D eigenvalue weighted by Gasteiger charge is 2.15. The van der Waals surface area contributed by atoms with E-state index in [1.165, 1.54) is 4.57 Å². The summed E-state index contributed by atoms with van der Waals surface area (Å²) in [5, 5.41) is 4.19. The zero-order valence-corrected chi connectivity index (χ0v) is 16.0. The van der Waals surface area contributed by atoms with Crippen LogP contribution in [0, 0.1) is 0 Å². The van der Waals surface area contributed by atoms with Crippen LogP contribution < -0.4 is 21.4 Å². The summed E-state index contributed by atoms with van der Waals surface area (Å²) < 4.78 is 9.13. The molecule has 0 unspecified atom stereocenters. The van der Waals surface area contributed by atoms with Gasteiger partial charge in [0.2, 0.25) is 5.95 Å². The number of fused-ring (bicyclic) bond motifs is 1. The predicted octanol–water partition coefficient (Wildman–Crippen LogP) is 1.66. The summed E-state index contributed by atoms with van der Waals surface area (Å²) in [6, 6.07) is 5.55. The molecule has 0 radical (unpaired) electrons. The fraction of sp³-hybridized carbons (Fsp3) is 0.250. The van der Waals surface area contributed by atoms with Gasteiger partial charge in [0.1, 0.15) is 5.75 Å². The molecule has 3 aromatic rings. The average Bonchev–Trinajstić information content (AvgIpc) is 2.99. The van der Waals surface area contributed by atoms with Crippen molar-refractivity contribution in [2.75, 3.05) is 12.5 Å². The summed E-state index contributed by atoms with van der Waals surface area (Å²) in [6.07, 6.45) is 1.59. The van der Waals surface area contributed by atoms with Gasteiger partial charge in [-0.15, -0.1) is 0 Å². The summed E-state index contributed by atoms with van der Waals surface area (Å²) in [7, 11) is 3.13. The molecule has 26 heavy (non-hydrogen) atoms. The normalized spacial score (nSPS) is 11.4. The van der Waals surface area contributed by atoms with E-state index < -0.39 is 11.2 Å². The molecule has 9 nitrogen and oxygen atoms in total. The molecule has 0 fully saturated rings. The zero-order valence-electron chi connectivity index (χ0n) is 14.4. The number of nitrogens with one attached hydrogen (secondary N) is 2. The van der Waals surface area contributed by atoms with E-state index >= 15 is 0 Å². The monoisotopic (exact) mass is 420 g/mol. The van der Waals surface area contributed by atoms with E-state index in [-0.39, 0.29) is 0 Å². The number of ether oxygens (including phenoxy) is 1. The van der Waals surface area contributed by atoms with Crippen LogP contribution in [0.4, 0.5) is 5.95 Å². The van der Waals surface area contributed by atoms with E-state index in [1.807, 2.05) is 25.1 Å². The van der Waals surface area contributed by atoms with Gasteiger partial charge in [-0.3, -0.25) is 14.3 Å². The number of anilines is 1. The number of hydrazone groups is 1. The van der Waals surface area contributed by atoms with Crippen LogP contribution in [0.25, 0.3) is 11.2 Å². The van der Waals surface area contributed by atoms with Crippen molar-refractivity contribution in [1.29, 1.82) is 0 Å². The highest BCUT2D eigenvalue weighted by atomic mass is 79.9. The van der Waals surface area contributed by atoms with Crippen LogP contribution in [-0.4, -0.2) is 32.4 Å². The Morgan fingerprint density at radius 1 is 1.42 bits per heavy atom. The number of halogens is 1. The number of aromatic nitrogens is 4. The van der Waals surface area contributed by atoms with Crippen molar-refractivity contribution in [3.05, 3.63) is 49.1 Å². The zero-order chi connectivity index (χ0) is 18.8. The first-order valence-electron chi connectivity index (χ1n) is 7.78. The van der Waals surface area contributed by atoms with E-state index in [9.17, 15) is 9.59 Å². The minimum Gasteiger partial charge on any atom is -0.496 e. The smallest absolute Gasteiger partial charge is 0.329 e. The van der Waals surface area contributed by atoms with Gasteiger partial charge in [-0.1, -0.05) is 15.9 Å². The summed E-state index contributed by atoms with van der Waals surface area (Å²) in [6.45, 7) is 2.35. The molecule has 0 amide bonds. The van der Waals surface area contributed by atoms with E-state index in [2.05, 4.69) is 36.4 Å². The lowest BCUT2D eigenvalue weighted by molar-refractivity contribution is 0.414. The number of hydrogen-bond acceptors (Lipinski definition) is 6. The van der Waals surface area contributed by atoms with E-state index in [4.69, 9.17) is 4.74 Å². The van der Waals surface area contributed by atoms with Crippen LogP contribution in [0.1, 0.15) is 12.5 Å². The molecule has 136 valence electrons. The molecule has 0 saturated carbocycles. The number of aromatic amines is 1. The van der Waals surface area contributed by atoms with Gasteiger partial charge in [0, 0.05) is 23.6 Å². The predicted molar refractivity (Wildman–Crippen MR) is 103 cm³/mol. The molecular weight excluding hydrogens is 404 g/mol. The first-order valence-corrected chi connectivity index (χ1v) is 8.57. The number of hydrogen-bond donors (Lipinski definition) is 2. The Bertz CT molecular complexity index is 1110. The SMILES string of the molecule is CCn1c(N/N=C\c2cc(Br)ccc2OC)nc2c1c(=O)[nH]c(=O)n2C. The van der Waals surface area contributed by atoms with Crippen LogP contribution in [0.5, 0.6) is 5.75 Å². The van der Waals surface area contributed by atoms with Crippen LogP contribution in [0.15, 0.2) is 37.4 Å².